The van der Waals surface area contributed by atoms with Gasteiger partial charge in [0.15, 0.2) is 0 Å². The number of aromatic nitrogens is 1. The number of rotatable bonds is 8. The molecule has 1 amide bonds. The number of para-hydroxylation sites is 1. The summed E-state index contributed by atoms with van der Waals surface area (Å²) in [6, 6.07) is 17.2. The highest BCUT2D eigenvalue weighted by molar-refractivity contribution is 7.20. The number of aromatic amines is 1. The van der Waals surface area contributed by atoms with Gasteiger partial charge < -0.3 is 20.1 Å². The molecule has 178 valence electrons. The number of unbranched alkanes of at least 4 members (excludes halogenated alkanes) is 1. The molecule has 2 aromatic heterocycles. The van der Waals surface area contributed by atoms with E-state index < -0.39 is 0 Å². The van der Waals surface area contributed by atoms with Crippen molar-refractivity contribution >= 4 is 43.9 Å². The van der Waals surface area contributed by atoms with E-state index in [0.29, 0.717) is 0 Å². The fourth-order valence-corrected chi connectivity index (χ4v) is 5.89. The number of H-pyrrole nitrogens is 1. The lowest BCUT2D eigenvalue weighted by Crippen LogP contribution is -2.44. The van der Waals surface area contributed by atoms with Crippen LogP contribution in [0.5, 0.6) is 0 Å². The molecule has 0 bridgehead atoms. The lowest BCUT2D eigenvalue weighted by atomic mass is 10.0. The number of carbonyl (C=O) groups is 1. The first-order valence-corrected chi connectivity index (χ1v) is 13.3. The van der Waals surface area contributed by atoms with Gasteiger partial charge in [-0.05, 0) is 55.1 Å². The number of carbonyl (C=O) groups excluding carboxylic acids is 1. The fraction of sp³-hybridized carbons (Fsp3) is 0.393. The fourth-order valence-electron chi connectivity index (χ4n) is 4.89. The minimum atomic E-state index is 0.0447. The van der Waals surface area contributed by atoms with Crippen molar-refractivity contribution in [2.45, 2.75) is 38.6 Å². The summed E-state index contributed by atoms with van der Waals surface area (Å²) >= 11 is 1.61. The Bertz CT molecular complexity index is 1270. The van der Waals surface area contributed by atoms with Crippen molar-refractivity contribution in [1.29, 1.82) is 0 Å². The average Bonchev–Trinajstić information content (AvgIpc) is 3.47. The van der Waals surface area contributed by atoms with Crippen LogP contribution in [-0.2, 0) is 6.42 Å². The molecule has 6 heteroatoms. The largest absolute Gasteiger partial charge is 0.369 e. The third kappa shape index (κ3) is 4.98. The van der Waals surface area contributed by atoms with Crippen molar-refractivity contribution < 1.29 is 4.79 Å². The zero-order valence-corrected chi connectivity index (χ0v) is 21.0. The molecule has 4 aromatic rings. The second-order valence-electron chi connectivity index (χ2n) is 9.50. The van der Waals surface area contributed by atoms with Crippen LogP contribution in [0, 0.1) is 0 Å². The quantitative estimate of drug-likeness (QED) is 0.346. The summed E-state index contributed by atoms with van der Waals surface area (Å²) in [6.45, 7) is 6.48. The Labute approximate surface area is 205 Å². The Morgan fingerprint density at radius 1 is 1.12 bits per heavy atom. The first-order chi connectivity index (χ1) is 16.6. The zero-order valence-electron chi connectivity index (χ0n) is 20.1. The van der Waals surface area contributed by atoms with E-state index in [-0.39, 0.29) is 11.9 Å². The Morgan fingerprint density at radius 3 is 2.76 bits per heavy atom. The summed E-state index contributed by atoms with van der Waals surface area (Å²) < 4.78 is 1.18. The SMILES string of the molecule is CCCC[C@H](Cc1c[nH]c2ccccc12)NC(=O)c1cc2ccc(N3CCN(C)CC3)cc2s1. The van der Waals surface area contributed by atoms with Crippen LogP contribution >= 0.6 is 11.3 Å². The van der Waals surface area contributed by atoms with Gasteiger partial charge in [0.05, 0.1) is 4.88 Å². The van der Waals surface area contributed by atoms with Crippen LogP contribution in [-0.4, -0.2) is 55.1 Å². The van der Waals surface area contributed by atoms with Crippen molar-refractivity contribution in [3.8, 4) is 0 Å². The topological polar surface area (TPSA) is 51.4 Å². The van der Waals surface area contributed by atoms with Gasteiger partial charge >= 0.3 is 0 Å². The van der Waals surface area contributed by atoms with Gasteiger partial charge in [-0.2, -0.15) is 0 Å². The predicted molar refractivity (Wildman–Crippen MR) is 144 cm³/mol. The van der Waals surface area contributed by atoms with Crippen LogP contribution in [0.15, 0.2) is 54.7 Å². The van der Waals surface area contributed by atoms with Gasteiger partial charge in [-0.15, -0.1) is 11.3 Å². The Morgan fingerprint density at radius 2 is 1.94 bits per heavy atom. The second-order valence-corrected chi connectivity index (χ2v) is 10.6. The van der Waals surface area contributed by atoms with E-state index in [0.717, 1.165) is 67.6 Å². The van der Waals surface area contributed by atoms with Crippen LogP contribution in [0.3, 0.4) is 0 Å². The van der Waals surface area contributed by atoms with E-state index >= 15 is 0 Å². The molecule has 0 radical (unpaired) electrons. The van der Waals surface area contributed by atoms with Crippen LogP contribution in [0.25, 0.3) is 21.0 Å². The predicted octanol–water partition coefficient (Wildman–Crippen LogP) is 5.67. The van der Waals surface area contributed by atoms with Gasteiger partial charge in [-0.3, -0.25) is 4.79 Å². The number of piperazine rings is 1. The van der Waals surface area contributed by atoms with Crippen molar-refractivity contribution in [2.24, 2.45) is 0 Å². The van der Waals surface area contributed by atoms with E-state index in [1.807, 2.05) is 6.07 Å². The van der Waals surface area contributed by atoms with Crippen LogP contribution in [0.2, 0.25) is 0 Å². The van der Waals surface area contributed by atoms with Gasteiger partial charge in [-0.25, -0.2) is 0 Å². The number of likely N-dealkylation sites (N-methyl/N-ethyl adjacent to an activating group) is 1. The van der Waals surface area contributed by atoms with Crippen molar-refractivity contribution in [1.82, 2.24) is 15.2 Å². The average molecular weight is 475 g/mol. The number of thiophene rings is 1. The normalized spacial score (nSPS) is 15.8. The van der Waals surface area contributed by atoms with Crippen molar-refractivity contribution in [3.05, 3.63) is 65.2 Å². The summed E-state index contributed by atoms with van der Waals surface area (Å²) in [6.07, 6.45) is 6.15. The van der Waals surface area contributed by atoms with E-state index in [4.69, 9.17) is 0 Å². The first-order valence-electron chi connectivity index (χ1n) is 12.4. The lowest BCUT2D eigenvalue weighted by Gasteiger charge is -2.34. The van der Waals surface area contributed by atoms with Crippen LogP contribution < -0.4 is 10.2 Å². The van der Waals surface area contributed by atoms with E-state index in [9.17, 15) is 4.79 Å². The van der Waals surface area contributed by atoms with Gasteiger partial charge in [0, 0.05) is 59.7 Å². The molecule has 2 aromatic carbocycles. The molecule has 1 saturated heterocycles. The Balaban J connectivity index is 1.31. The summed E-state index contributed by atoms with van der Waals surface area (Å²) in [4.78, 5) is 22.3. The molecule has 1 atom stereocenters. The number of nitrogens with one attached hydrogen (secondary N) is 2. The smallest absolute Gasteiger partial charge is 0.261 e. The molecule has 0 spiro atoms. The number of hydrogen-bond donors (Lipinski definition) is 2. The van der Waals surface area contributed by atoms with E-state index in [2.05, 4.69) is 82.7 Å². The molecular formula is C28H34N4OS. The van der Waals surface area contributed by atoms with Gasteiger partial charge in [0.2, 0.25) is 0 Å². The molecule has 34 heavy (non-hydrogen) atoms. The molecule has 1 fully saturated rings. The highest BCUT2D eigenvalue weighted by atomic mass is 32.1. The maximum absolute atomic E-state index is 13.3. The number of fused-ring (bicyclic) bond motifs is 2. The summed E-state index contributed by atoms with van der Waals surface area (Å²) in [7, 11) is 2.18. The molecule has 5 rings (SSSR count). The number of anilines is 1. The van der Waals surface area contributed by atoms with Gasteiger partial charge in [0.25, 0.3) is 5.91 Å². The second kappa shape index (κ2) is 10.2. The molecule has 0 saturated carbocycles. The maximum Gasteiger partial charge on any atom is 0.261 e. The minimum Gasteiger partial charge on any atom is -0.369 e. The highest BCUT2D eigenvalue weighted by Crippen LogP contribution is 2.30. The molecule has 3 heterocycles. The standard InChI is InChI=1S/C28H34N4OS/c1-3-4-7-22(16-21-19-29-25-9-6-5-8-24(21)25)30-28(33)27-17-20-10-11-23(18-26(20)34-27)32-14-12-31(2)13-15-32/h5-6,8-11,17-19,22,29H,3-4,7,12-16H2,1-2H3,(H,30,33)/t22-/m1/s1. The Hall–Kier alpha value is -2.83. The van der Waals surface area contributed by atoms with Crippen molar-refractivity contribution in [3.63, 3.8) is 0 Å². The molecule has 2 N–H and O–H groups in total. The van der Waals surface area contributed by atoms with E-state index in [1.54, 1.807) is 11.3 Å². The maximum atomic E-state index is 13.3. The molecular weight excluding hydrogens is 440 g/mol. The minimum absolute atomic E-state index is 0.0447. The van der Waals surface area contributed by atoms with Crippen molar-refractivity contribution in [2.75, 3.05) is 38.1 Å². The molecule has 1 aliphatic heterocycles. The molecule has 0 unspecified atom stereocenters. The number of nitrogens with zero attached hydrogens (tertiary/aromatic N) is 2. The van der Waals surface area contributed by atoms with E-state index in [1.165, 1.54) is 21.3 Å². The third-order valence-electron chi connectivity index (χ3n) is 6.98. The van der Waals surface area contributed by atoms with Crippen LogP contribution in [0.1, 0.15) is 41.4 Å². The highest BCUT2D eigenvalue weighted by Gasteiger charge is 2.19. The number of benzene rings is 2. The lowest BCUT2D eigenvalue weighted by molar-refractivity contribution is 0.0938. The summed E-state index contributed by atoms with van der Waals surface area (Å²) in [5.41, 5.74) is 3.68. The van der Waals surface area contributed by atoms with Gasteiger partial charge in [-0.1, -0.05) is 44.0 Å². The number of hydrogen-bond acceptors (Lipinski definition) is 4. The molecule has 0 aliphatic carbocycles. The molecule has 1 aliphatic rings. The van der Waals surface area contributed by atoms with Crippen LogP contribution in [0.4, 0.5) is 5.69 Å². The third-order valence-corrected chi connectivity index (χ3v) is 8.08. The summed E-state index contributed by atoms with van der Waals surface area (Å²) in [5.74, 6) is 0.0447. The first kappa shape index (κ1) is 22.9. The summed E-state index contributed by atoms with van der Waals surface area (Å²) in [5, 5.41) is 5.75. The zero-order chi connectivity index (χ0) is 23.5. The monoisotopic (exact) mass is 474 g/mol. The Kier molecular flexibility index (Phi) is 6.88. The van der Waals surface area contributed by atoms with Gasteiger partial charge in [0.1, 0.15) is 0 Å². The number of amides is 1. The molecule has 5 nitrogen and oxygen atoms in total.